The first kappa shape index (κ1) is 11.9. The lowest BCUT2D eigenvalue weighted by atomic mass is 10.1. The van der Waals surface area contributed by atoms with Crippen molar-refractivity contribution in [3.63, 3.8) is 0 Å². The van der Waals surface area contributed by atoms with Gasteiger partial charge in [0.05, 0.1) is 0 Å². The number of hydrogen-bond acceptors (Lipinski definition) is 3. The number of rotatable bonds is 2. The molecule has 1 aromatic heterocycles. The van der Waals surface area contributed by atoms with Crippen LogP contribution in [0.2, 0.25) is 0 Å². The van der Waals surface area contributed by atoms with Crippen LogP contribution in [0.5, 0.6) is 0 Å². The molecule has 82 valence electrons. The molecule has 1 heterocycles. The maximum atomic E-state index is 5.59. The second-order valence-corrected chi connectivity index (χ2v) is 5.06. The molecule has 4 heteroatoms. The van der Waals surface area contributed by atoms with Crippen LogP contribution in [-0.2, 0) is 0 Å². The van der Waals surface area contributed by atoms with Crippen LogP contribution in [0.15, 0.2) is 12.1 Å². The molecule has 0 unspecified atom stereocenters. The number of anilines is 1. The van der Waals surface area contributed by atoms with Crippen LogP contribution in [0.1, 0.15) is 32.0 Å². The lowest BCUT2D eigenvalue weighted by Crippen LogP contribution is -2.27. The number of aryl methyl sites for hydroxylation is 1. The Hall–Kier alpha value is -1.16. The van der Waals surface area contributed by atoms with E-state index < -0.39 is 0 Å². The Morgan fingerprint density at radius 1 is 1.40 bits per heavy atom. The number of aromatic nitrogens is 1. The molecular weight excluding hydrogens is 206 g/mol. The van der Waals surface area contributed by atoms with Gasteiger partial charge in [-0.25, -0.2) is 4.98 Å². The summed E-state index contributed by atoms with van der Waals surface area (Å²) in [5, 5.41) is 3.29. The Morgan fingerprint density at radius 2 is 2.00 bits per heavy atom. The fourth-order valence-electron chi connectivity index (χ4n) is 1.26. The van der Waals surface area contributed by atoms with E-state index in [9.17, 15) is 0 Å². The van der Waals surface area contributed by atoms with Crippen molar-refractivity contribution in [1.82, 2.24) is 4.98 Å². The minimum absolute atomic E-state index is 0.0196. The zero-order chi connectivity index (χ0) is 11.6. The molecule has 0 aromatic carbocycles. The first-order valence-corrected chi connectivity index (χ1v) is 5.25. The van der Waals surface area contributed by atoms with E-state index in [0.717, 1.165) is 17.1 Å². The third kappa shape index (κ3) is 3.83. The second-order valence-electron chi connectivity index (χ2n) is 4.62. The van der Waals surface area contributed by atoms with Crippen LogP contribution in [0, 0.1) is 6.92 Å². The minimum atomic E-state index is -0.0196. The van der Waals surface area contributed by atoms with Gasteiger partial charge in [-0.2, -0.15) is 0 Å². The molecule has 1 rings (SSSR count). The van der Waals surface area contributed by atoms with Crippen molar-refractivity contribution in [2.75, 3.05) is 5.32 Å². The Labute approximate surface area is 96.1 Å². The van der Waals surface area contributed by atoms with Crippen molar-refractivity contribution >= 4 is 23.0 Å². The Balaban J connectivity index is 3.04. The van der Waals surface area contributed by atoms with Crippen LogP contribution in [-0.4, -0.2) is 15.5 Å². The summed E-state index contributed by atoms with van der Waals surface area (Å²) in [6.45, 7) is 8.17. The summed E-state index contributed by atoms with van der Waals surface area (Å²) in [5.41, 5.74) is 7.33. The van der Waals surface area contributed by atoms with Crippen LogP contribution in [0.4, 0.5) is 5.82 Å². The van der Waals surface area contributed by atoms with E-state index in [-0.39, 0.29) is 5.54 Å². The monoisotopic (exact) mass is 223 g/mol. The fraction of sp³-hybridized carbons (Fsp3) is 0.455. The van der Waals surface area contributed by atoms with Gasteiger partial charge in [-0.3, -0.25) is 0 Å². The maximum absolute atomic E-state index is 5.59. The quantitative estimate of drug-likeness (QED) is 0.755. The molecule has 0 bridgehead atoms. The van der Waals surface area contributed by atoms with E-state index in [1.54, 1.807) is 0 Å². The summed E-state index contributed by atoms with van der Waals surface area (Å²) in [5.74, 6) is 0.810. The van der Waals surface area contributed by atoms with Crippen molar-refractivity contribution in [3.8, 4) is 0 Å². The zero-order valence-corrected chi connectivity index (χ0v) is 10.4. The molecule has 0 radical (unpaired) electrons. The summed E-state index contributed by atoms with van der Waals surface area (Å²) < 4.78 is 0. The minimum Gasteiger partial charge on any atom is -0.389 e. The van der Waals surface area contributed by atoms with Gasteiger partial charge in [0.1, 0.15) is 10.8 Å². The van der Waals surface area contributed by atoms with Crippen LogP contribution >= 0.6 is 12.2 Å². The highest BCUT2D eigenvalue weighted by atomic mass is 32.1. The molecule has 0 fully saturated rings. The van der Waals surface area contributed by atoms with Crippen LogP contribution < -0.4 is 11.1 Å². The molecule has 0 spiro atoms. The number of pyridine rings is 1. The lowest BCUT2D eigenvalue weighted by molar-refractivity contribution is 0.630. The molecule has 1 aromatic rings. The molecule has 15 heavy (non-hydrogen) atoms. The summed E-state index contributed by atoms with van der Waals surface area (Å²) in [4.78, 5) is 4.78. The molecule has 0 saturated heterocycles. The smallest absolute Gasteiger partial charge is 0.127 e. The molecule has 0 aliphatic carbocycles. The molecule has 0 aliphatic rings. The van der Waals surface area contributed by atoms with Gasteiger partial charge in [-0.1, -0.05) is 12.2 Å². The second kappa shape index (κ2) is 4.14. The van der Waals surface area contributed by atoms with E-state index in [0.29, 0.717) is 4.99 Å². The van der Waals surface area contributed by atoms with Crippen molar-refractivity contribution < 1.29 is 0 Å². The van der Waals surface area contributed by atoms with Crippen molar-refractivity contribution in [1.29, 1.82) is 0 Å². The van der Waals surface area contributed by atoms with Crippen molar-refractivity contribution in [2.24, 2.45) is 5.73 Å². The van der Waals surface area contributed by atoms with Crippen LogP contribution in [0.3, 0.4) is 0 Å². The molecule has 3 nitrogen and oxygen atoms in total. The Morgan fingerprint density at radius 3 is 2.47 bits per heavy atom. The van der Waals surface area contributed by atoms with Gasteiger partial charge in [-0.15, -0.1) is 0 Å². The SMILES string of the molecule is Cc1cc(C(N)=S)cc(NC(C)(C)C)n1. The van der Waals surface area contributed by atoms with Crippen molar-refractivity contribution in [2.45, 2.75) is 33.2 Å². The summed E-state index contributed by atoms with van der Waals surface area (Å²) in [7, 11) is 0. The summed E-state index contributed by atoms with van der Waals surface area (Å²) in [6.07, 6.45) is 0. The highest BCUT2D eigenvalue weighted by Crippen LogP contribution is 2.15. The molecule has 0 atom stereocenters. The Kier molecular flexibility index (Phi) is 3.29. The van der Waals surface area contributed by atoms with Gasteiger partial charge >= 0.3 is 0 Å². The number of nitrogens with one attached hydrogen (secondary N) is 1. The largest absolute Gasteiger partial charge is 0.389 e. The third-order valence-electron chi connectivity index (χ3n) is 1.74. The maximum Gasteiger partial charge on any atom is 0.127 e. The van der Waals surface area contributed by atoms with E-state index in [2.05, 4.69) is 31.1 Å². The van der Waals surface area contributed by atoms with Gasteiger partial charge in [0.25, 0.3) is 0 Å². The normalized spacial score (nSPS) is 11.2. The predicted molar refractivity (Wildman–Crippen MR) is 68.2 cm³/mol. The Bertz CT molecular complexity index is 380. The molecule has 3 N–H and O–H groups in total. The van der Waals surface area contributed by atoms with Gasteiger partial charge in [0, 0.05) is 16.8 Å². The lowest BCUT2D eigenvalue weighted by Gasteiger charge is -2.21. The van der Waals surface area contributed by atoms with Crippen LogP contribution in [0.25, 0.3) is 0 Å². The molecule has 0 amide bonds. The molecular formula is C11H17N3S. The van der Waals surface area contributed by atoms with E-state index in [1.807, 2.05) is 19.1 Å². The summed E-state index contributed by atoms with van der Waals surface area (Å²) >= 11 is 4.94. The molecule has 0 aliphatic heterocycles. The fourth-order valence-corrected chi connectivity index (χ4v) is 1.38. The number of thiocarbonyl (C=S) groups is 1. The summed E-state index contributed by atoms with van der Waals surface area (Å²) in [6, 6.07) is 3.76. The van der Waals surface area contributed by atoms with Gasteiger partial charge in [0.15, 0.2) is 0 Å². The zero-order valence-electron chi connectivity index (χ0n) is 9.59. The highest BCUT2D eigenvalue weighted by Gasteiger charge is 2.11. The highest BCUT2D eigenvalue weighted by molar-refractivity contribution is 7.80. The van der Waals surface area contributed by atoms with Crippen molar-refractivity contribution in [3.05, 3.63) is 23.4 Å². The number of nitrogens with two attached hydrogens (primary N) is 1. The predicted octanol–water partition coefficient (Wildman–Crippen LogP) is 2.23. The van der Waals surface area contributed by atoms with E-state index >= 15 is 0 Å². The van der Waals surface area contributed by atoms with E-state index in [1.165, 1.54) is 0 Å². The van der Waals surface area contributed by atoms with Gasteiger partial charge in [0.2, 0.25) is 0 Å². The third-order valence-corrected chi connectivity index (χ3v) is 1.98. The van der Waals surface area contributed by atoms with Gasteiger partial charge in [-0.05, 0) is 39.8 Å². The van der Waals surface area contributed by atoms with E-state index in [4.69, 9.17) is 18.0 Å². The standard InChI is InChI=1S/C11H17N3S/c1-7-5-8(10(12)15)6-9(13-7)14-11(2,3)4/h5-6H,1-4H3,(H2,12,15)(H,13,14). The average molecular weight is 223 g/mol. The number of hydrogen-bond donors (Lipinski definition) is 2. The molecule has 0 saturated carbocycles. The topological polar surface area (TPSA) is 50.9 Å². The average Bonchev–Trinajstić information content (AvgIpc) is 1.99. The first-order chi connectivity index (χ1) is 6.78. The first-order valence-electron chi connectivity index (χ1n) is 4.84. The number of nitrogens with zero attached hydrogens (tertiary/aromatic N) is 1. The van der Waals surface area contributed by atoms with Gasteiger partial charge < -0.3 is 11.1 Å².